The second-order valence-corrected chi connectivity index (χ2v) is 3.87. The molecule has 4 heteroatoms. The first-order valence-corrected chi connectivity index (χ1v) is 5.82. The topological polar surface area (TPSA) is 30.5 Å². The molecule has 0 fully saturated rings. The number of para-hydroxylation sites is 1. The molecule has 0 aliphatic carbocycles. The molecule has 0 saturated heterocycles. The molecule has 0 heterocycles. The molecule has 1 atom stereocenters. The maximum absolute atomic E-state index is 13.6. The van der Waals surface area contributed by atoms with Crippen LogP contribution in [-0.2, 0) is 11.3 Å². The lowest BCUT2D eigenvalue weighted by Crippen LogP contribution is -2.18. The van der Waals surface area contributed by atoms with Crippen molar-refractivity contribution in [2.24, 2.45) is 0 Å². The Balaban J connectivity index is 2.72. The van der Waals surface area contributed by atoms with Crippen LogP contribution in [0.1, 0.15) is 19.4 Å². The zero-order valence-corrected chi connectivity index (χ0v) is 10.6. The van der Waals surface area contributed by atoms with Gasteiger partial charge in [0.05, 0.1) is 6.10 Å². The van der Waals surface area contributed by atoms with Crippen molar-refractivity contribution in [3.8, 4) is 5.75 Å². The Hall–Kier alpha value is -1.13. The van der Waals surface area contributed by atoms with E-state index in [4.69, 9.17) is 9.47 Å². The summed E-state index contributed by atoms with van der Waals surface area (Å²) >= 11 is 0. The van der Waals surface area contributed by atoms with Crippen LogP contribution in [0, 0.1) is 5.82 Å². The fourth-order valence-electron chi connectivity index (χ4n) is 1.38. The highest BCUT2D eigenvalue weighted by Crippen LogP contribution is 2.22. The third kappa shape index (κ3) is 4.32. The van der Waals surface area contributed by atoms with E-state index in [9.17, 15) is 4.39 Å². The SMILES string of the molecule is CCNCc1cccc(F)c1OCC(C)OC. The molecule has 0 aliphatic rings. The number of ether oxygens (including phenoxy) is 2. The average molecular weight is 241 g/mol. The van der Waals surface area contributed by atoms with Gasteiger partial charge in [-0.25, -0.2) is 4.39 Å². The van der Waals surface area contributed by atoms with E-state index in [1.54, 1.807) is 13.2 Å². The van der Waals surface area contributed by atoms with Crippen molar-refractivity contribution in [2.75, 3.05) is 20.3 Å². The van der Waals surface area contributed by atoms with Gasteiger partial charge in [0.2, 0.25) is 0 Å². The van der Waals surface area contributed by atoms with Gasteiger partial charge in [-0.2, -0.15) is 0 Å². The number of rotatable bonds is 7. The molecule has 1 aromatic carbocycles. The first-order valence-electron chi connectivity index (χ1n) is 5.82. The Bertz CT molecular complexity index is 344. The van der Waals surface area contributed by atoms with Gasteiger partial charge in [0.1, 0.15) is 6.61 Å². The molecule has 1 N–H and O–H groups in total. The highest BCUT2D eigenvalue weighted by atomic mass is 19.1. The summed E-state index contributed by atoms with van der Waals surface area (Å²) in [4.78, 5) is 0. The summed E-state index contributed by atoms with van der Waals surface area (Å²) in [5.41, 5.74) is 0.829. The van der Waals surface area contributed by atoms with Crippen LogP contribution in [0.25, 0.3) is 0 Å². The van der Waals surface area contributed by atoms with Crippen LogP contribution in [0.15, 0.2) is 18.2 Å². The summed E-state index contributed by atoms with van der Waals surface area (Å²) < 4.78 is 24.2. The average Bonchev–Trinajstić information content (AvgIpc) is 2.34. The van der Waals surface area contributed by atoms with Gasteiger partial charge in [0.25, 0.3) is 0 Å². The van der Waals surface area contributed by atoms with E-state index in [0.717, 1.165) is 12.1 Å². The molecule has 0 bridgehead atoms. The van der Waals surface area contributed by atoms with Gasteiger partial charge in [-0.1, -0.05) is 19.1 Å². The van der Waals surface area contributed by atoms with Crippen molar-refractivity contribution in [2.45, 2.75) is 26.5 Å². The zero-order valence-electron chi connectivity index (χ0n) is 10.6. The molecular weight excluding hydrogens is 221 g/mol. The summed E-state index contributed by atoms with van der Waals surface area (Å²) in [6.45, 7) is 5.67. The number of nitrogens with one attached hydrogen (secondary N) is 1. The van der Waals surface area contributed by atoms with Crippen molar-refractivity contribution in [3.63, 3.8) is 0 Å². The second-order valence-electron chi connectivity index (χ2n) is 3.87. The molecular formula is C13H20FNO2. The summed E-state index contributed by atoms with van der Waals surface area (Å²) in [6.07, 6.45) is -0.0541. The third-order valence-electron chi connectivity index (χ3n) is 2.48. The number of benzene rings is 1. The Morgan fingerprint density at radius 2 is 2.18 bits per heavy atom. The van der Waals surface area contributed by atoms with E-state index in [1.165, 1.54) is 6.07 Å². The molecule has 0 aromatic heterocycles. The largest absolute Gasteiger partial charge is 0.487 e. The second kappa shape index (κ2) is 7.25. The minimum absolute atomic E-state index is 0.0541. The van der Waals surface area contributed by atoms with Crippen molar-refractivity contribution < 1.29 is 13.9 Å². The van der Waals surface area contributed by atoms with Crippen molar-refractivity contribution in [3.05, 3.63) is 29.6 Å². The fraction of sp³-hybridized carbons (Fsp3) is 0.538. The monoisotopic (exact) mass is 241 g/mol. The number of hydrogen-bond acceptors (Lipinski definition) is 3. The minimum Gasteiger partial charge on any atom is -0.487 e. The lowest BCUT2D eigenvalue weighted by Gasteiger charge is -2.15. The predicted molar refractivity (Wildman–Crippen MR) is 65.7 cm³/mol. The van der Waals surface area contributed by atoms with Crippen LogP contribution in [-0.4, -0.2) is 26.4 Å². The third-order valence-corrected chi connectivity index (χ3v) is 2.48. The van der Waals surface area contributed by atoms with Crippen molar-refractivity contribution >= 4 is 0 Å². The zero-order chi connectivity index (χ0) is 12.7. The quantitative estimate of drug-likeness (QED) is 0.795. The van der Waals surface area contributed by atoms with Crippen LogP contribution in [0.4, 0.5) is 4.39 Å². The molecule has 96 valence electrons. The molecule has 0 amide bonds. The number of methoxy groups -OCH3 is 1. The van der Waals surface area contributed by atoms with Gasteiger partial charge in [-0.15, -0.1) is 0 Å². The standard InChI is InChI=1S/C13H20FNO2/c1-4-15-8-11-6-5-7-12(14)13(11)17-9-10(2)16-3/h5-7,10,15H,4,8-9H2,1-3H3. The van der Waals surface area contributed by atoms with Gasteiger partial charge in [-0.05, 0) is 19.5 Å². The summed E-state index contributed by atoms with van der Waals surface area (Å²) in [7, 11) is 1.61. The molecule has 17 heavy (non-hydrogen) atoms. The van der Waals surface area contributed by atoms with E-state index in [-0.39, 0.29) is 11.9 Å². The van der Waals surface area contributed by atoms with Gasteiger partial charge in [-0.3, -0.25) is 0 Å². The Morgan fingerprint density at radius 3 is 2.82 bits per heavy atom. The highest BCUT2D eigenvalue weighted by molar-refractivity contribution is 5.34. The lowest BCUT2D eigenvalue weighted by molar-refractivity contribution is 0.0697. The Labute approximate surface area is 102 Å². The fourth-order valence-corrected chi connectivity index (χ4v) is 1.38. The Kier molecular flexibility index (Phi) is 5.94. The van der Waals surface area contributed by atoms with E-state index in [0.29, 0.717) is 18.9 Å². The minimum atomic E-state index is -0.330. The van der Waals surface area contributed by atoms with Crippen molar-refractivity contribution in [1.29, 1.82) is 0 Å². The summed E-state index contributed by atoms with van der Waals surface area (Å²) in [6, 6.07) is 4.95. The first-order chi connectivity index (χ1) is 8.19. The molecule has 1 unspecified atom stereocenters. The van der Waals surface area contributed by atoms with Gasteiger partial charge in [0.15, 0.2) is 11.6 Å². The van der Waals surface area contributed by atoms with Crippen molar-refractivity contribution in [1.82, 2.24) is 5.32 Å². The van der Waals surface area contributed by atoms with E-state index in [1.807, 2.05) is 19.9 Å². The van der Waals surface area contributed by atoms with E-state index in [2.05, 4.69) is 5.32 Å². The number of halogens is 1. The summed E-state index contributed by atoms with van der Waals surface area (Å²) in [5.74, 6) is -0.0129. The number of hydrogen-bond donors (Lipinski definition) is 1. The Morgan fingerprint density at radius 1 is 1.41 bits per heavy atom. The molecule has 1 rings (SSSR count). The van der Waals surface area contributed by atoms with E-state index < -0.39 is 0 Å². The molecule has 0 aliphatic heterocycles. The molecule has 3 nitrogen and oxygen atoms in total. The van der Waals surface area contributed by atoms with Gasteiger partial charge in [0, 0.05) is 19.2 Å². The molecule has 0 radical (unpaired) electrons. The predicted octanol–water partition coefficient (Wildman–Crippen LogP) is 2.35. The lowest BCUT2D eigenvalue weighted by atomic mass is 10.2. The highest BCUT2D eigenvalue weighted by Gasteiger charge is 2.11. The van der Waals surface area contributed by atoms with Gasteiger partial charge < -0.3 is 14.8 Å². The van der Waals surface area contributed by atoms with Crippen LogP contribution in [0.3, 0.4) is 0 Å². The molecule has 0 spiro atoms. The first kappa shape index (κ1) is 13.9. The van der Waals surface area contributed by atoms with Gasteiger partial charge >= 0.3 is 0 Å². The maximum atomic E-state index is 13.6. The van der Waals surface area contributed by atoms with Crippen LogP contribution in [0.2, 0.25) is 0 Å². The van der Waals surface area contributed by atoms with E-state index >= 15 is 0 Å². The van der Waals surface area contributed by atoms with Crippen LogP contribution in [0.5, 0.6) is 5.75 Å². The normalized spacial score (nSPS) is 12.5. The van der Waals surface area contributed by atoms with Crippen LogP contribution >= 0.6 is 0 Å². The maximum Gasteiger partial charge on any atom is 0.165 e. The van der Waals surface area contributed by atoms with Crippen LogP contribution < -0.4 is 10.1 Å². The molecule has 0 saturated carbocycles. The summed E-state index contributed by atoms with van der Waals surface area (Å²) in [5, 5.41) is 3.16. The smallest absolute Gasteiger partial charge is 0.165 e. The molecule has 1 aromatic rings.